The second kappa shape index (κ2) is 6.96. The molecule has 0 heterocycles. The fraction of sp³-hybridized carbons (Fsp3) is 0.533. The molecule has 0 fully saturated rings. The number of benzene rings is 1. The third-order valence-electron chi connectivity index (χ3n) is 3.11. The van der Waals surface area contributed by atoms with Gasteiger partial charge in [-0.25, -0.2) is 0 Å². The maximum atomic E-state index is 12.1. The first kappa shape index (κ1) is 16.1. The van der Waals surface area contributed by atoms with Gasteiger partial charge in [-0.2, -0.15) is 11.8 Å². The summed E-state index contributed by atoms with van der Waals surface area (Å²) in [6.07, 6.45) is 2.67. The number of amides is 1. The first-order valence-corrected chi connectivity index (χ1v) is 7.82. The highest BCUT2D eigenvalue weighted by molar-refractivity contribution is 7.98. The zero-order chi connectivity index (χ0) is 14.5. The molecule has 1 unspecified atom stereocenters. The van der Waals surface area contributed by atoms with Gasteiger partial charge in [-0.05, 0) is 50.8 Å². The molecule has 106 valence electrons. The Morgan fingerprint density at radius 1 is 1.42 bits per heavy atom. The molecule has 1 atom stereocenters. The molecular formula is C15H23NO2S. The molecule has 0 saturated carbocycles. The van der Waals surface area contributed by atoms with Crippen molar-refractivity contribution in [3.05, 3.63) is 34.9 Å². The molecule has 4 heteroatoms. The average Bonchev–Trinajstić information content (AvgIpc) is 2.36. The molecular weight excluding hydrogens is 258 g/mol. The Morgan fingerprint density at radius 3 is 2.74 bits per heavy atom. The number of rotatable bonds is 6. The summed E-state index contributed by atoms with van der Waals surface area (Å²) in [4.78, 5) is 12.1. The van der Waals surface area contributed by atoms with Crippen LogP contribution in [0.3, 0.4) is 0 Å². The zero-order valence-corrected chi connectivity index (χ0v) is 12.9. The van der Waals surface area contributed by atoms with E-state index in [0.29, 0.717) is 12.0 Å². The Kier molecular flexibility index (Phi) is 5.88. The Balaban J connectivity index is 2.62. The summed E-state index contributed by atoms with van der Waals surface area (Å²) in [5.41, 5.74) is 1.84. The maximum Gasteiger partial charge on any atom is 0.251 e. The van der Waals surface area contributed by atoms with E-state index in [0.717, 1.165) is 16.9 Å². The highest BCUT2D eigenvalue weighted by Crippen LogP contribution is 2.13. The third-order valence-corrected chi connectivity index (χ3v) is 3.72. The molecule has 0 saturated heterocycles. The van der Waals surface area contributed by atoms with Crippen molar-refractivity contribution < 1.29 is 9.90 Å². The summed E-state index contributed by atoms with van der Waals surface area (Å²) < 4.78 is 0. The minimum Gasteiger partial charge on any atom is -0.388 e. The molecule has 0 aromatic heterocycles. The normalized spacial score (nSPS) is 13.9. The van der Waals surface area contributed by atoms with Crippen molar-refractivity contribution in [2.24, 2.45) is 0 Å². The van der Waals surface area contributed by atoms with Crippen molar-refractivity contribution >= 4 is 17.7 Å². The van der Waals surface area contributed by atoms with Crippen LogP contribution in [0.4, 0.5) is 0 Å². The molecule has 1 amide bonds. The number of aryl methyl sites for hydroxylation is 2. The van der Waals surface area contributed by atoms with Crippen LogP contribution in [0.25, 0.3) is 0 Å². The summed E-state index contributed by atoms with van der Waals surface area (Å²) in [5, 5.41) is 13.0. The Morgan fingerprint density at radius 2 is 2.11 bits per heavy atom. The summed E-state index contributed by atoms with van der Waals surface area (Å²) in [6, 6.07) is 5.80. The van der Waals surface area contributed by atoms with Gasteiger partial charge in [0.15, 0.2) is 0 Å². The van der Waals surface area contributed by atoms with Crippen LogP contribution in [0.5, 0.6) is 0 Å². The lowest BCUT2D eigenvalue weighted by molar-refractivity contribution is 0.0528. The molecule has 1 rings (SSSR count). The fourth-order valence-electron chi connectivity index (χ4n) is 1.76. The van der Waals surface area contributed by atoms with Crippen molar-refractivity contribution in [3.8, 4) is 0 Å². The number of thioether (sulfide) groups is 1. The second-order valence-electron chi connectivity index (χ2n) is 5.24. The van der Waals surface area contributed by atoms with Crippen molar-refractivity contribution in [1.29, 1.82) is 0 Å². The van der Waals surface area contributed by atoms with Crippen LogP contribution in [-0.2, 0) is 0 Å². The van der Waals surface area contributed by atoms with E-state index < -0.39 is 5.60 Å². The average molecular weight is 281 g/mol. The van der Waals surface area contributed by atoms with Gasteiger partial charge >= 0.3 is 0 Å². The van der Waals surface area contributed by atoms with Gasteiger partial charge in [-0.1, -0.05) is 17.7 Å². The molecule has 0 aliphatic rings. The van der Waals surface area contributed by atoms with Crippen molar-refractivity contribution in [2.75, 3.05) is 18.6 Å². The molecule has 0 aliphatic carbocycles. The summed E-state index contributed by atoms with van der Waals surface area (Å²) in [5.74, 6) is 0.762. The summed E-state index contributed by atoms with van der Waals surface area (Å²) >= 11 is 1.69. The molecule has 0 bridgehead atoms. The highest BCUT2D eigenvalue weighted by Gasteiger charge is 2.21. The van der Waals surface area contributed by atoms with Gasteiger partial charge < -0.3 is 10.4 Å². The van der Waals surface area contributed by atoms with Crippen LogP contribution in [-0.4, -0.2) is 35.2 Å². The number of hydrogen-bond acceptors (Lipinski definition) is 3. The molecule has 19 heavy (non-hydrogen) atoms. The van der Waals surface area contributed by atoms with Crippen molar-refractivity contribution in [2.45, 2.75) is 32.8 Å². The topological polar surface area (TPSA) is 49.3 Å². The van der Waals surface area contributed by atoms with Crippen LogP contribution in [0.2, 0.25) is 0 Å². The lowest BCUT2D eigenvalue weighted by Crippen LogP contribution is -2.41. The molecule has 2 N–H and O–H groups in total. The fourth-order valence-corrected chi connectivity index (χ4v) is 2.40. The van der Waals surface area contributed by atoms with E-state index in [9.17, 15) is 9.90 Å². The van der Waals surface area contributed by atoms with Gasteiger partial charge in [0.05, 0.1) is 5.60 Å². The molecule has 1 aromatic carbocycles. The maximum absolute atomic E-state index is 12.1. The molecule has 0 spiro atoms. The molecule has 0 radical (unpaired) electrons. The summed E-state index contributed by atoms with van der Waals surface area (Å²) in [7, 11) is 0. The lowest BCUT2D eigenvalue weighted by Gasteiger charge is -2.23. The number of carbonyl (C=O) groups is 1. The van der Waals surface area contributed by atoms with E-state index in [-0.39, 0.29) is 12.5 Å². The predicted octanol–water partition coefficient (Wildman–Crippen LogP) is 2.54. The number of hydrogen-bond donors (Lipinski definition) is 2. The van der Waals surface area contributed by atoms with E-state index in [1.807, 2.05) is 38.3 Å². The second-order valence-corrected chi connectivity index (χ2v) is 6.23. The Labute approximate surface area is 119 Å². The van der Waals surface area contributed by atoms with E-state index in [2.05, 4.69) is 5.32 Å². The van der Waals surface area contributed by atoms with Gasteiger partial charge in [0, 0.05) is 12.1 Å². The van der Waals surface area contributed by atoms with Crippen molar-refractivity contribution in [3.63, 3.8) is 0 Å². The Hall–Kier alpha value is -1.00. The molecule has 1 aromatic rings. The third kappa shape index (κ3) is 5.25. The number of aliphatic hydroxyl groups is 1. The molecule has 0 aliphatic heterocycles. The first-order chi connectivity index (χ1) is 8.85. The summed E-state index contributed by atoms with van der Waals surface area (Å²) in [6.45, 7) is 5.91. The minimum absolute atomic E-state index is 0.120. The first-order valence-electron chi connectivity index (χ1n) is 6.42. The highest BCUT2D eigenvalue weighted by atomic mass is 32.2. The van der Waals surface area contributed by atoms with Crippen LogP contribution in [0.15, 0.2) is 18.2 Å². The van der Waals surface area contributed by atoms with Gasteiger partial charge in [-0.15, -0.1) is 0 Å². The standard InChI is InChI=1S/C15H23NO2S/c1-11-5-6-12(2)13(9-11)14(17)16-10-15(3,18)7-8-19-4/h5-6,9,18H,7-8,10H2,1-4H3,(H,16,17). The van der Waals surface area contributed by atoms with Crippen LogP contribution in [0, 0.1) is 13.8 Å². The molecule has 3 nitrogen and oxygen atoms in total. The zero-order valence-electron chi connectivity index (χ0n) is 12.1. The van der Waals surface area contributed by atoms with Gasteiger partial charge in [0.25, 0.3) is 5.91 Å². The van der Waals surface area contributed by atoms with Crippen LogP contribution in [0.1, 0.15) is 34.8 Å². The van der Waals surface area contributed by atoms with Crippen molar-refractivity contribution in [1.82, 2.24) is 5.32 Å². The predicted molar refractivity (Wildman–Crippen MR) is 81.9 cm³/mol. The van der Waals surface area contributed by atoms with Gasteiger partial charge in [0.2, 0.25) is 0 Å². The lowest BCUT2D eigenvalue weighted by atomic mass is 10.0. The largest absolute Gasteiger partial charge is 0.388 e. The van der Waals surface area contributed by atoms with E-state index in [1.165, 1.54) is 0 Å². The number of carbonyl (C=O) groups excluding carboxylic acids is 1. The smallest absolute Gasteiger partial charge is 0.251 e. The monoisotopic (exact) mass is 281 g/mol. The SMILES string of the molecule is CSCCC(C)(O)CNC(=O)c1cc(C)ccc1C. The van der Waals surface area contributed by atoms with Crippen LogP contribution >= 0.6 is 11.8 Å². The number of nitrogens with one attached hydrogen (secondary N) is 1. The minimum atomic E-state index is -0.851. The van der Waals surface area contributed by atoms with Crippen LogP contribution < -0.4 is 5.32 Å². The quantitative estimate of drug-likeness (QED) is 0.842. The van der Waals surface area contributed by atoms with Gasteiger partial charge in [0.1, 0.15) is 0 Å². The van der Waals surface area contributed by atoms with E-state index >= 15 is 0 Å². The van der Waals surface area contributed by atoms with E-state index in [4.69, 9.17) is 0 Å². The Bertz CT molecular complexity index is 444. The van der Waals surface area contributed by atoms with E-state index in [1.54, 1.807) is 18.7 Å². The van der Waals surface area contributed by atoms with Gasteiger partial charge in [-0.3, -0.25) is 4.79 Å².